The summed E-state index contributed by atoms with van der Waals surface area (Å²) in [6, 6.07) is 15.5. The largest absolute Gasteiger partial charge is 0.369 e. The lowest BCUT2D eigenvalue weighted by molar-refractivity contribution is 0.598. The number of aromatic nitrogens is 1. The molecule has 0 amide bonds. The van der Waals surface area contributed by atoms with Crippen molar-refractivity contribution in [3.63, 3.8) is 0 Å². The van der Waals surface area contributed by atoms with E-state index in [1.165, 1.54) is 23.5 Å². The van der Waals surface area contributed by atoms with Crippen molar-refractivity contribution in [1.29, 1.82) is 0 Å². The average molecular weight is 332 g/mol. The molecule has 0 bridgehead atoms. The smallest absolute Gasteiger partial charge is 0.285 e. The standard InChI is InChI=1S/C14H12N4O2S2/c15-13(18-22(19,20)10-6-2-1-3-7-10)17-14-16-11-8-4-5-9-12(11)21-14/h1-9H,(H3,15,16,17,18). The molecule has 0 saturated heterocycles. The Morgan fingerprint density at radius 1 is 1.09 bits per heavy atom. The first-order chi connectivity index (χ1) is 10.5. The summed E-state index contributed by atoms with van der Waals surface area (Å²) < 4.78 is 28.7. The van der Waals surface area contributed by atoms with Crippen LogP contribution in [-0.4, -0.2) is 19.4 Å². The van der Waals surface area contributed by atoms with Gasteiger partial charge in [-0.15, -0.1) is 4.40 Å². The molecule has 3 N–H and O–H groups in total. The summed E-state index contributed by atoms with van der Waals surface area (Å²) in [5, 5.41) is 3.20. The predicted octanol–water partition coefficient (Wildman–Crippen LogP) is 2.41. The van der Waals surface area contributed by atoms with E-state index in [-0.39, 0.29) is 10.9 Å². The number of para-hydroxylation sites is 1. The first-order valence-electron chi connectivity index (χ1n) is 6.33. The molecule has 3 rings (SSSR count). The van der Waals surface area contributed by atoms with Gasteiger partial charge in [-0.3, -0.25) is 0 Å². The number of sulfonamides is 1. The minimum Gasteiger partial charge on any atom is -0.369 e. The van der Waals surface area contributed by atoms with Crippen molar-refractivity contribution in [2.24, 2.45) is 10.1 Å². The maximum absolute atomic E-state index is 12.1. The summed E-state index contributed by atoms with van der Waals surface area (Å²) in [4.78, 5) is 4.39. The van der Waals surface area contributed by atoms with Gasteiger partial charge in [0.15, 0.2) is 5.13 Å². The monoisotopic (exact) mass is 332 g/mol. The van der Waals surface area contributed by atoms with Crippen LogP contribution in [0.4, 0.5) is 5.13 Å². The lowest BCUT2D eigenvalue weighted by atomic mass is 10.3. The summed E-state index contributed by atoms with van der Waals surface area (Å²) in [5.74, 6) is -0.220. The van der Waals surface area contributed by atoms with Gasteiger partial charge in [-0.05, 0) is 24.3 Å². The van der Waals surface area contributed by atoms with Gasteiger partial charge in [0.1, 0.15) is 0 Å². The second kappa shape index (κ2) is 5.74. The molecule has 6 nitrogen and oxygen atoms in total. The van der Waals surface area contributed by atoms with Crippen molar-refractivity contribution in [3.8, 4) is 0 Å². The van der Waals surface area contributed by atoms with E-state index in [1.54, 1.807) is 18.2 Å². The van der Waals surface area contributed by atoms with Crippen LogP contribution in [0.1, 0.15) is 0 Å². The number of guanidine groups is 1. The number of hydrogen-bond acceptors (Lipinski definition) is 4. The second-order valence-electron chi connectivity index (χ2n) is 4.38. The zero-order chi connectivity index (χ0) is 15.6. The van der Waals surface area contributed by atoms with Crippen LogP contribution in [0.3, 0.4) is 0 Å². The minimum absolute atomic E-state index is 0.0871. The number of thiazole rings is 1. The summed E-state index contributed by atoms with van der Waals surface area (Å²) in [5.41, 5.74) is 6.49. The predicted molar refractivity (Wildman–Crippen MR) is 88.5 cm³/mol. The summed E-state index contributed by atoms with van der Waals surface area (Å²) >= 11 is 1.37. The van der Waals surface area contributed by atoms with E-state index >= 15 is 0 Å². The van der Waals surface area contributed by atoms with Crippen LogP contribution in [0.25, 0.3) is 10.2 Å². The number of benzene rings is 2. The first-order valence-corrected chi connectivity index (χ1v) is 8.58. The third kappa shape index (κ3) is 3.07. The van der Waals surface area contributed by atoms with Gasteiger partial charge in [-0.1, -0.05) is 41.7 Å². The molecule has 0 atom stereocenters. The van der Waals surface area contributed by atoms with Crippen molar-refractivity contribution >= 4 is 42.7 Å². The molecular formula is C14H12N4O2S2. The highest BCUT2D eigenvalue weighted by molar-refractivity contribution is 7.90. The zero-order valence-electron chi connectivity index (χ0n) is 11.3. The summed E-state index contributed by atoms with van der Waals surface area (Å²) in [6.45, 7) is 0. The number of fused-ring (bicyclic) bond motifs is 1. The molecule has 0 aliphatic carbocycles. The van der Waals surface area contributed by atoms with Crippen LogP contribution in [0.5, 0.6) is 0 Å². The molecule has 0 radical (unpaired) electrons. The molecule has 22 heavy (non-hydrogen) atoms. The number of rotatable bonds is 3. The Bertz CT molecular complexity index is 901. The van der Waals surface area contributed by atoms with Crippen LogP contribution in [0, 0.1) is 0 Å². The highest BCUT2D eigenvalue weighted by atomic mass is 32.2. The quantitative estimate of drug-likeness (QED) is 0.567. The molecule has 0 saturated carbocycles. The molecule has 3 aromatic rings. The minimum atomic E-state index is -3.83. The van der Waals surface area contributed by atoms with Crippen LogP contribution in [-0.2, 0) is 10.0 Å². The van der Waals surface area contributed by atoms with Crippen LogP contribution >= 0.6 is 11.3 Å². The topological polar surface area (TPSA) is 97.4 Å². The number of nitrogens with zero attached hydrogens (tertiary/aromatic N) is 2. The Labute approximate surface area is 131 Å². The van der Waals surface area contributed by atoms with E-state index in [1.807, 2.05) is 24.3 Å². The van der Waals surface area contributed by atoms with E-state index < -0.39 is 10.0 Å². The highest BCUT2D eigenvalue weighted by Gasteiger charge is 2.13. The lowest BCUT2D eigenvalue weighted by Crippen LogP contribution is -2.24. The van der Waals surface area contributed by atoms with Crippen LogP contribution in [0.15, 0.2) is 63.9 Å². The van der Waals surface area contributed by atoms with Gasteiger partial charge in [-0.2, -0.15) is 8.42 Å². The van der Waals surface area contributed by atoms with Gasteiger partial charge >= 0.3 is 0 Å². The molecule has 2 aromatic carbocycles. The SMILES string of the molecule is N/C(=N\S(=O)(=O)c1ccccc1)Nc1nc2ccccc2s1. The van der Waals surface area contributed by atoms with Gasteiger partial charge in [0.05, 0.1) is 15.1 Å². The third-order valence-corrected chi connectivity index (χ3v) is 5.05. The van der Waals surface area contributed by atoms with Crippen molar-refractivity contribution in [2.75, 3.05) is 5.32 Å². The molecule has 1 heterocycles. The number of hydrogen-bond donors (Lipinski definition) is 2. The van der Waals surface area contributed by atoms with Crippen LogP contribution < -0.4 is 11.1 Å². The molecule has 8 heteroatoms. The summed E-state index contributed by atoms with van der Waals surface area (Å²) in [7, 11) is -3.83. The van der Waals surface area contributed by atoms with Crippen molar-refractivity contribution in [3.05, 3.63) is 54.6 Å². The summed E-state index contributed by atoms with van der Waals surface area (Å²) in [6.07, 6.45) is 0. The Morgan fingerprint density at radius 2 is 1.77 bits per heavy atom. The Morgan fingerprint density at radius 3 is 2.50 bits per heavy atom. The average Bonchev–Trinajstić information content (AvgIpc) is 2.89. The fourth-order valence-corrected chi connectivity index (χ4v) is 3.62. The van der Waals surface area contributed by atoms with E-state index in [9.17, 15) is 8.42 Å². The van der Waals surface area contributed by atoms with Gasteiger partial charge in [0.25, 0.3) is 10.0 Å². The third-order valence-electron chi connectivity index (χ3n) is 2.79. The van der Waals surface area contributed by atoms with E-state index in [4.69, 9.17) is 5.73 Å². The fraction of sp³-hybridized carbons (Fsp3) is 0. The van der Waals surface area contributed by atoms with Gasteiger partial charge in [0.2, 0.25) is 5.96 Å². The maximum atomic E-state index is 12.1. The van der Waals surface area contributed by atoms with Gasteiger partial charge in [0, 0.05) is 0 Å². The van der Waals surface area contributed by atoms with Crippen molar-refractivity contribution in [2.45, 2.75) is 4.90 Å². The highest BCUT2D eigenvalue weighted by Crippen LogP contribution is 2.25. The fourth-order valence-electron chi connectivity index (χ4n) is 1.83. The van der Waals surface area contributed by atoms with Gasteiger partial charge in [-0.25, -0.2) is 4.98 Å². The number of anilines is 1. The molecule has 0 aliphatic heterocycles. The second-order valence-corrected chi connectivity index (χ2v) is 7.01. The maximum Gasteiger partial charge on any atom is 0.285 e. The molecule has 112 valence electrons. The Hall–Kier alpha value is -2.45. The molecule has 1 aromatic heterocycles. The van der Waals surface area contributed by atoms with Crippen molar-refractivity contribution < 1.29 is 8.42 Å². The molecule has 0 aliphatic rings. The zero-order valence-corrected chi connectivity index (χ0v) is 12.9. The molecule has 0 unspecified atom stereocenters. The van der Waals surface area contributed by atoms with Crippen molar-refractivity contribution in [1.82, 2.24) is 4.98 Å². The first kappa shape index (κ1) is 14.5. The van der Waals surface area contributed by atoms with E-state index in [2.05, 4.69) is 14.7 Å². The van der Waals surface area contributed by atoms with Crippen LogP contribution in [0.2, 0.25) is 0 Å². The molecule has 0 fully saturated rings. The molecular weight excluding hydrogens is 320 g/mol. The van der Waals surface area contributed by atoms with E-state index in [0.717, 1.165) is 10.2 Å². The lowest BCUT2D eigenvalue weighted by Gasteiger charge is -2.02. The number of nitrogens with one attached hydrogen (secondary N) is 1. The molecule has 0 spiro atoms. The normalized spacial score (nSPS) is 12.5. The number of nitrogens with two attached hydrogens (primary N) is 1. The van der Waals surface area contributed by atoms with Gasteiger partial charge < -0.3 is 11.1 Å². The Balaban J connectivity index is 1.86. The Kier molecular flexibility index (Phi) is 3.78. The van der Waals surface area contributed by atoms with E-state index in [0.29, 0.717) is 5.13 Å².